The summed E-state index contributed by atoms with van der Waals surface area (Å²) in [6.45, 7) is 3.93. The summed E-state index contributed by atoms with van der Waals surface area (Å²) in [4.78, 5) is 28.1. The first-order chi connectivity index (χ1) is 15.3. The van der Waals surface area contributed by atoms with Crippen molar-refractivity contribution in [3.05, 3.63) is 71.3 Å². The predicted molar refractivity (Wildman–Crippen MR) is 127 cm³/mol. The second kappa shape index (κ2) is 9.25. The highest BCUT2D eigenvalue weighted by molar-refractivity contribution is 8.00. The Labute approximate surface area is 193 Å². The van der Waals surface area contributed by atoms with Gasteiger partial charge in [-0.15, -0.1) is 11.8 Å². The number of thioether (sulfide) groups is 1. The summed E-state index contributed by atoms with van der Waals surface area (Å²) in [5.41, 5.74) is 9.55. The van der Waals surface area contributed by atoms with Gasteiger partial charge in [-0.3, -0.25) is 9.59 Å². The summed E-state index contributed by atoms with van der Waals surface area (Å²) >= 11 is 1.54. The van der Waals surface area contributed by atoms with Crippen LogP contribution in [0.25, 0.3) is 0 Å². The summed E-state index contributed by atoms with van der Waals surface area (Å²) in [5, 5.41) is 13.9. The minimum atomic E-state index is -1.37. The van der Waals surface area contributed by atoms with E-state index in [9.17, 15) is 14.7 Å². The van der Waals surface area contributed by atoms with E-state index in [0.717, 1.165) is 24.0 Å². The van der Waals surface area contributed by atoms with Crippen LogP contribution in [0.4, 0.5) is 0 Å². The first kappa shape index (κ1) is 22.8. The molecule has 0 bridgehead atoms. The molecule has 1 saturated heterocycles. The monoisotopic (exact) mass is 453 g/mol. The third-order valence-corrected chi connectivity index (χ3v) is 7.87. The van der Waals surface area contributed by atoms with Crippen LogP contribution in [0.5, 0.6) is 0 Å². The highest BCUT2D eigenvalue weighted by atomic mass is 32.2. The third kappa shape index (κ3) is 4.56. The second-order valence-electron chi connectivity index (χ2n) is 9.18. The Morgan fingerprint density at radius 3 is 2.62 bits per heavy atom. The Balaban J connectivity index is 1.47. The predicted octanol–water partition coefficient (Wildman–Crippen LogP) is 2.40. The molecule has 2 aromatic rings. The van der Waals surface area contributed by atoms with Crippen LogP contribution in [-0.4, -0.2) is 50.6 Å². The van der Waals surface area contributed by atoms with E-state index in [0.29, 0.717) is 12.3 Å². The normalized spacial score (nSPS) is 23.4. The molecule has 0 radical (unpaired) electrons. The maximum absolute atomic E-state index is 13.4. The van der Waals surface area contributed by atoms with E-state index >= 15 is 0 Å². The molecule has 1 aliphatic heterocycles. The maximum atomic E-state index is 13.4. The number of nitrogens with one attached hydrogen (secondary N) is 1. The molecule has 1 heterocycles. The van der Waals surface area contributed by atoms with Crippen LogP contribution in [0.15, 0.2) is 54.6 Å². The molecule has 1 fully saturated rings. The number of aliphatic hydroxyl groups is 1. The molecule has 2 amide bonds. The molecular weight excluding hydrogens is 422 g/mol. The summed E-state index contributed by atoms with van der Waals surface area (Å²) < 4.78 is -0.471. The Hall–Kier alpha value is -2.35. The van der Waals surface area contributed by atoms with Crippen molar-refractivity contribution < 1.29 is 14.7 Å². The van der Waals surface area contributed by atoms with E-state index in [4.69, 9.17) is 5.73 Å². The summed E-state index contributed by atoms with van der Waals surface area (Å²) in [6.07, 6.45) is 0.796. The zero-order valence-corrected chi connectivity index (χ0v) is 19.3. The molecule has 7 heteroatoms. The number of aliphatic hydroxyl groups excluding tert-OH is 1. The number of nitrogens with zero attached hydrogens (tertiary/aromatic N) is 1. The van der Waals surface area contributed by atoms with Gasteiger partial charge in [-0.2, -0.15) is 0 Å². The fraction of sp³-hybridized carbons (Fsp3) is 0.440. The van der Waals surface area contributed by atoms with E-state index in [1.807, 2.05) is 56.3 Å². The van der Waals surface area contributed by atoms with Crippen molar-refractivity contribution in [2.75, 3.05) is 5.88 Å². The molecule has 0 saturated carbocycles. The average Bonchev–Trinajstić information content (AvgIpc) is 3.33. The van der Waals surface area contributed by atoms with Crippen LogP contribution in [0.2, 0.25) is 0 Å². The molecular formula is C25H31N3O3S. The molecule has 4 atom stereocenters. The van der Waals surface area contributed by atoms with Gasteiger partial charge in [0.1, 0.15) is 12.1 Å². The largest absolute Gasteiger partial charge is 0.382 e. The minimum absolute atomic E-state index is 0.0534. The molecule has 4 N–H and O–H groups in total. The van der Waals surface area contributed by atoms with Gasteiger partial charge < -0.3 is 21.1 Å². The molecule has 170 valence electrons. The molecule has 4 unspecified atom stereocenters. The lowest BCUT2D eigenvalue weighted by Gasteiger charge is -2.33. The highest BCUT2D eigenvalue weighted by Crippen LogP contribution is 2.40. The van der Waals surface area contributed by atoms with Crippen molar-refractivity contribution in [1.29, 1.82) is 0 Å². The fourth-order valence-electron chi connectivity index (χ4n) is 4.72. The molecule has 6 nitrogen and oxygen atoms in total. The number of hydrogen-bond donors (Lipinski definition) is 3. The van der Waals surface area contributed by atoms with Crippen molar-refractivity contribution >= 4 is 23.6 Å². The number of fused-ring (bicyclic) bond motifs is 1. The lowest BCUT2D eigenvalue weighted by atomic mass is 9.97. The molecule has 2 aromatic carbocycles. The van der Waals surface area contributed by atoms with Crippen molar-refractivity contribution in [2.45, 2.75) is 62.1 Å². The van der Waals surface area contributed by atoms with E-state index in [2.05, 4.69) is 17.4 Å². The van der Waals surface area contributed by atoms with Crippen molar-refractivity contribution in [1.82, 2.24) is 10.2 Å². The van der Waals surface area contributed by atoms with Gasteiger partial charge in [-0.1, -0.05) is 54.6 Å². The van der Waals surface area contributed by atoms with Crippen molar-refractivity contribution in [2.24, 2.45) is 5.73 Å². The number of carbonyl (C=O) groups excluding carboxylic acids is 2. The number of rotatable bonds is 6. The van der Waals surface area contributed by atoms with Gasteiger partial charge in [0, 0.05) is 10.8 Å². The van der Waals surface area contributed by atoms with Crippen molar-refractivity contribution in [3.8, 4) is 0 Å². The lowest BCUT2D eigenvalue weighted by Crippen LogP contribution is -2.57. The molecule has 0 spiro atoms. The fourth-order valence-corrected chi connectivity index (χ4v) is 5.86. The number of carbonyl (C=O) groups is 2. The van der Waals surface area contributed by atoms with Gasteiger partial charge in [0.25, 0.3) is 5.91 Å². The Morgan fingerprint density at radius 2 is 1.88 bits per heavy atom. The number of hydrogen-bond acceptors (Lipinski definition) is 5. The van der Waals surface area contributed by atoms with Gasteiger partial charge in [-0.05, 0) is 49.8 Å². The van der Waals surface area contributed by atoms with Crippen LogP contribution in [0.1, 0.15) is 43.0 Å². The zero-order chi connectivity index (χ0) is 22.9. The number of amides is 2. The highest BCUT2D eigenvalue weighted by Gasteiger charge is 2.50. The van der Waals surface area contributed by atoms with E-state index in [-0.39, 0.29) is 11.9 Å². The first-order valence-corrected chi connectivity index (χ1v) is 12.1. The van der Waals surface area contributed by atoms with Crippen LogP contribution in [0.3, 0.4) is 0 Å². The molecule has 4 rings (SSSR count). The van der Waals surface area contributed by atoms with E-state index in [1.165, 1.54) is 10.5 Å². The van der Waals surface area contributed by atoms with Crippen LogP contribution >= 0.6 is 11.8 Å². The number of benzene rings is 2. The molecule has 32 heavy (non-hydrogen) atoms. The first-order valence-electron chi connectivity index (χ1n) is 11.1. The lowest BCUT2D eigenvalue weighted by molar-refractivity contribution is -0.147. The van der Waals surface area contributed by atoms with Gasteiger partial charge in [0.05, 0.1) is 11.9 Å². The van der Waals surface area contributed by atoms with E-state index in [1.54, 1.807) is 11.8 Å². The molecule has 2 aliphatic rings. The number of nitrogens with two attached hydrogens (primary N) is 1. The standard InChI is InChI=1S/C25H31N3O3S/c1-25(2)22(23(30)27-20-13-12-17-10-6-7-11-18(17)20)28(15-32-25)24(31)21(29)19(26)14-16-8-4-3-5-9-16/h3-11,19-22,29H,12-15,26H2,1-2H3,(H,27,30). The Kier molecular flexibility index (Phi) is 6.60. The average molecular weight is 454 g/mol. The van der Waals surface area contributed by atoms with Gasteiger partial charge in [0.15, 0.2) is 0 Å². The Morgan fingerprint density at radius 1 is 1.19 bits per heavy atom. The minimum Gasteiger partial charge on any atom is -0.382 e. The zero-order valence-electron chi connectivity index (χ0n) is 18.5. The van der Waals surface area contributed by atoms with Crippen LogP contribution in [-0.2, 0) is 22.4 Å². The second-order valence-corrected chi connectivity index (χ2v) is 10.8. The quantitative estimate of drug-likeness (QED) is 0.624. The van der Waals surface area contributed by atoms with Crippen molar-refractivity contribution in [3.63, 3.8) is 0 Å². The van der Waals surface area contributed by atoms with Gasteiger partial charge >= 0.3 is 0 Å². The van der Waals surface area contributed by atoms with Gasteiger partial charge in [-0.25, -0.2) is 0 Å². The smallest absolute Gasteiger partial charge is 0.254 e. The Bertz CT molecular complexity index is 981. The van der Waals surface area contributed by atoms with E-state index < -0.39 is 28.8 Å². The summed E-state index contributed by atoms with van der Waals surface area (Å²) in [5.74, 6) is -0.322. The topological polar surface area (TPSA) is 95.7 Å². The molecule has 1 aliphatic carbocycles. The maximum Gasteiger partial charge on any atom is 0.254 e. The summed E-state index contributed by atoms with van der Waals surface area (Å²) in [7, 11) is 0. The van der Waals surface area contributed by atoms with Crippen LogP contribution in [0, 0.1) is 0 Å². The third-order valence-electron chi connectivity index (χ3n) is 6.50. The SMILES string of the molecule is CC1(C)SCN(C(=O)C(O)C(N)Cc2ccccc2)C1C(=O)NC1CCc2ccccc21. The summed E-state index contributed by atoms with van der Waals surface area (Å²) in [6, 6.07) is 16.2. The molecule has 0 aromatic heterocycles. The van der Waals surface area contributed by atoms with Gasteiger partial charge in [0.2, 0.25) is 5.91 Å². The van der Waals surface area contributed by atoms with Crippen LogP contribution < -0.4 is 11.1 Å². The number of aryl methyl sites for hydroxylation is 1.